The third-order valence-electron chi connectivity index (χ3n) is 4.34. The van der Waals surface area contributed by atoms with Crippen LogP contribution in [-0.2, 0) is 14.3 Å². The largest absolute Gasteiger partial charge is 0.482 e. The molecule has 26 heavy (non-hydrogen) atoms. The van der Waals surface area contributed by atoms with Gasteiger partial charge in [-0.3, -0.25) is 4.79 Å². The summed E-state index contributed by atoms with van der Waals surface area (Å²) in [4.78, 5) is 26.9. The number of benzene rings is 2. The van der Waals surface area contributed by atoms with Crippen molar-refractivity contribution in [1.82, 2.24) is 4.90 Å². The lowest BCUT2D eigenvalue weighted by molar-refractivity contribution is -0.162. The number of amides is 1. The van der Waals surface area contributed by atoms with E-state index in [0.717, 1.165) is 18.4 Å². The van der Waals surface area contributed by atoms with Crippen LogP contribution >= 0.6 is 0 Å². The quantitative estimate of drug-likeness (QED) is 0.748. The maximum Gasteiger partial charge on any atom is 0.345 e. The van der Waals surface area contributed by atoms with Gasteiger partial charge in [-0.25, -0.2) is 4.79 Å². The molecule has 5 heteroatoms. The number of ether oxygens (including phenoxy) is 2. The number of carbonyl (C=O) groups is 2. The monoisotopic (exact) mass is 353 g/mol. The second kappa shape index (κ2) is 8.52. The van der Waals surface area contributed by atoms with Gasteiger partial charge in [-0.15, -0.1) is 0 Å². The zero-order valence-electron chi connectivity index (χ0n) is 14.9. The van der Waals surface area contributed by atoms with E-state index in [0.29, 0.717) is 24.4 Å². The number of likely N-dealkylation sites (tertiary alicyclic amines) is 1. The number of hydrogen-bond acceptors (Lipinski definition) is 4. The Bertz CT molecular complexity index is 754. The molecule has 1 heterocycles. The molecule has 3 rings (SSSR count). The van der Waals surface area contributed by atoms with Crippen molar-refractivity contribution in [2.75, 3.05) is 19.7 Å². The first-order valence-corrected chi connectivity index (χ1v) is 8.86. The van der Waals surface area contributed by atoms with Crippen LogP contribution < -0.4 is 4.74 Å². The van der Waals surface area contributed by atoms with Crippen molar-refractivity contribution in [2.45, 2.75) is 25.9 Å². The van der Waals surface area contributed by atoms with Crippen molar-refractivity contribution >= 4 is 11.9 Å². The minimum Gasteiger partial charge on any atom is -0.482 e. The molecule has 0 radical (unpaired) electrons. The molecule has 1 unspecified atom stereocenters. The second-order valence-corrected chi connectivity index (χ2v) is 6.42. The molecule has 1 saturated heterocycles. The topological polar surface area (TPSA) is 55.8 Å². The van der Waals surface area contributed by atoms with Crippen LogP contribution in [0.25, 0.3) is 0 Å². The van der Waals surface area contributed by atoms with Crippen LogP contribution in [0.3, 0.4) is 0 Å². The van der Waals surface area contributed by atoms with E-state index in [4.69, 9.17) is 9.47 Å². The maximum atomic E-state index is 12.8. The van der Waals surface area contributed by atoms with Gasteiger partial charge in [0.25, 0.3) is 5.91 Å². The molecule has 0 bridgehead atoms. The minimum atomic E-state index is -0.928. The van der Waals surface area contributed by atoms with Crippen LogP contribution in [-0.4, -0.2) is 36.5 Å². The molecule has 2 aromatic carbocycles. The second-order valence-electron chi connectivity index (χ2n) is 6.42. The van der Waals surface area contributed by atoms with E-state index in [1.807, 2.05) is 43.3 Å². The summed E-state index contributed by atoms with van der Waals surface area (Å²) in [6.07, 6.45) is 1.04. The molecule has 0 spiro atoms. The Labute approximate surface area is 153 Å². The molecule has 1 aliphatic rings. The number of esters is 1. The van der Waals surface area contributed by atoms with Crippen molar-refractivity contribution in [3.05, 3.63) is 65.7 Å². The summed E-state index contributed by atoms with van der Waals surface area (Å²) in [7, 11) is 0. The molecule has 1 aliphatic heterocycles. The van der Waals surface area contributed by atoms with Gasteiger partial charge < -0.3 is 14.4 Å². The van der Waals surface area contributed by atoms with Crippen molar-refractivity contribution in [1.29, 1.82) is 0 Å². The highest BCUT2D eigenvalue weighted by Gasteiger charge is 2.30. The van der Waals surface area contributed by atoms with Gasteiger partial charge in [-0.2, -0.15) is 0 Å². The van der Waals surface area contributed by atoms with E-state index in [1.165, 1.54) is 0 Å². The smallest absolute Gasteiger partial charge is 0.345 e. The van der Waals surface area contributed by atoms with E-state index in [2.05, 4.69) is 0 Å². The summed E-state index contributed by atoms with van der Waals surface area (Å²) in [6, 6.07) is 16.6. The maximum absolute atomic E-state index is 12.8. The average molecular weight is 353 g/mol. The van der Waals surface area contributed by atoms with Gasteiger partial charge >= 0.3 is 5.97 Å². The number of carbonyl (C=O) groups excluding carboxylic acids is 2. The van der Waals surface area contributed by atoms with Crippen molar-refractivity contribution < 1.29 is 19.1 Å². The Kier molecular flexibility index (Phi) is 5.89. The summed E-state index contributed by atoms with van der Waals surface area (Å²) < 4.78 is 11.0. The van der Waals surface area contributed by atoms with Crippen LogP contribution in [0.5, 0.6) is 5.75 Å². The summed E-state index contributed by atoms with van der Waals surface area (Å²) in [5.41, 5.74) is 1.72. The molecular formula is C21H23NO4. The van der Waals surface area contributed by atoms with E-state index >= 15 is 0 Å². The molecule has 2 aromatic rings. The number of nitrogens with zero attached hydrogens (tertiary/aromatic N) is 1. The van der Waals surface area contributed by atoms with E-state index < -0.39 is 12.1 Å². The number of rotatable bonds is 6. The van der Waals surface area contributed by atoms with Gasteiger partial charge in [0.1, 0.15) is 5.75 Å². The first kappa shape index (κ1) is 18.0. The Morgan fingerprint density at radius 2 is 1.77 bits per heavy atom. The van der Waals surface area contributed by atoms with E-state index in [-0.39, 0.29) is 12.5 Å². The zero-order valence-corrected chi connectivity index (χ0v) is 14.9. The molecule has 1 amide bonds. The molecule has 0 N–H and O–H groups in total. The highest BCUT2D eigenvalue weighted by molar-refractivity contribution is 5.85. The fourth-order valence-electron chi connectivity index (χ4n) is 3.01. The van der Waals surface area contributed by atoms with Gasteiger partial charge in [0.2, 0.25) is 6.10 Å². The van der Waals surface area contributed by atoms with E-state index in [9.17, 15) is 9.59 Å². The lowest BCUT2D eigenvalue weighted by Gasteiger charge is -2.23. The predicted molar refractivity (Wildman–Crippen MR) is 97.8 cm³/mol. The van der Waals surface area contributed by atoms with Crippen molar-refractivity contribution in [2.24, 2.45) is 0 Å². The van der Waals surface area contributed by atoms with Gasteiger partial charge in [0.15, 0.2) is 6.61 Å². The highest BCUT2D eigenvalue weighted by atomic mass is 16.6. The highest BCUT2D eigenvalue weighted by Crippen LogP contribution is 2.23. The van der Waals surface area contributed by atoms with Crippen LogP contribution in [0, 0.1) is 6.92 Å². The fourth-order valence-corrected chi connectivity index (χ4v) is 3.01. The SMILES string of the molecule is Cc1cccc(OCC(=O)OC(C(=O)N2CCCC2)c2ccccc2)c1. The molecule has 1 atom stereocenters. The predicted octanol–water partition coefficient (Wildman–Crippen LogP) is 3.28. The van der Waals surface area contributed by atoms with Crippen LogP contribution in [0.2, 0.25) is 0 Å². The molecule has 5 nitrogen and oxygen atoms in total. The Morgan fingerprint density at radius 1 is 1.04 bits per heavy atom. The van der Waals surface area contributed by atoms with Gasteiger partial charge in [0, 0.05) is 18.7 Å². The lowest BCUT2D eigenvalue weighted by Crippen LogP contribution is -2.35. The van der Waals surface area contributed by atoms with Gasteiger partial charge in [-0.05, 0) is 37.5 Å². The number of hydrogen-bond donors (Lipinski definition) is 0. The Morgan fingerprint density at radius 3 is 2.46 bits per heavy atom. The number of aryl methyl sites for hydroxylation is 1. The summed E-state index contributed by atoms with van der Waals surface area (Å²) in [5, 5.41) is 0. The van der Waals surface area contributed by atoms with Gasteiger partial charge in [0.05, 0.1) is 0 Å². The van der Waals surface area contributed by atoms with Gasteiger partial charge in [-0.1, -0.05) is 42.5 Å². The molecule has 136 valence electrons. The molecule has 0 aromatic heterocycles. The Hall–Kier alpha value is -2.82. The summed E-state index contributed by atoms with van der Waals surface area (Å²) in [5.74, 6) is -0.130. The molecule has 0 aliphatic carbocycles. The molecule has 0 saturated carbocycles. The van der Waals surface area contributed by atoms with Crippen LogP contribution in [0.4, 0.5) is 0 Å². The van der Waals surface area contributed by atoms with E-state index in [1.54, 1.807) is 23.1 Å². The van der Waals surface area contributed by atoms with Crippen molar-refractivity contribution in [3.63, 3.8) is 0 Å². The molecular weight excluding hydrogens is 330 g/mol. The standard InChI is InChI=1S/C21H23NO4/c1-16-8-7-11-18(14-16)25-15-19(23)26-20(17-9-3-2-4-10-17)21(24)22-12-5-6-13-22/h2-4,7-11,14,20H,5-6,12-13,15H2,1H3. The first-order valence-electron chi connectivity index (χ1n) is 8.86. The third kappa shape index (κ3) is 4.63. The fraction of sp³-hybridized carbons (Fsp3) is 0.333. The van der Waals surface area contributed by atoms with Crippen LogP contribution in [0.1, 0.15) is 30.1 Å². The molecule has 1 fully saturated rings. The summed E-state index contributed by atoms with van der Waals surface area (Å²) >= 11 is 0. The summed E-state index contributed by atoms with van der Waals surface area (Å²) in [6.45, 7) is 3.13. The lowest BCUT2D eigenvalue weighted by atomic mass is 10.1. The Balaban J connectivity index is 1.66. The van der Waals surface area contributed by atoms with Crippen LogP contribution in [0.15, 0.2) is 54.6 Å². The normalized spacial score (nSPS) is 14.7. The minimum absolute atomic E-state index is 0.169. The third-order valence-corrected chi connectivity index (χ3v) is 4.34. The first-order chi connectivity index (χ1) is 12.6. The van der Waals surface area contributed by atoms with Crippen molar-refractivity contribution in [3.8, 4) is 5.75 Å². The zero-order chi connectivity index (χ0) is 18.4. The average Bonchev–Trinajstić information content (AvgIpc) is 3.19.